The van der Waals surface area contributed by atoms with Gasteiger partial charge in [0.15, 0.2) is 5.82 Å². The third-order valence-electron chi connectivity index (χ3n) is 2.17. The minimum atomic E-state index is -0.589. The molecule has 0 unspecified atom stereocenters. The third-order valence-corrected chi connectivity index (χ3v) is 2.17. The van der Waals surface area contributed by atoms with Crippen molar-refractivity contribution in [2.75, 3.05) is 11.1 Å². The quantitative estimate of drug-likeness (QED) is 0.701. The summed E-state index contributed by atoms with van der Waals surface area (Å²) in [7, 11) is 1.80. The van der Waals surface area contributed by atoms with Crippen LogP contribution in [0.15, 0.2) is 24.5 Å². The standard InChI is InChI=1S/C10H12N6O/c1-16-3-2-8(15-16)14-9-4-6(10(12)17)7(11)5-13-9/h2-5H,11H2,1H3,(H2,12,17)(H,13,14,15). The minimum Gasteiger partial charge on any atom is -0.397 e. The van der Waals surface area contributed by atoms with Crippen molar-refractivity contribution in [2.24, 2.45) is 12.8 Å². The van der Waals surface area contributed by atoms with E-state index in [0.717, 1.165) is 0 Å². The van der Waals surface area contributed by atoms with Crippen LogP contribution in [0.5, 0.6) is 0 Å². The molecule has 7 heteroatoms. The number of aryl methyl sites for hydroxylation is 1. The van der Waals surface area contributed by atoms with Crippen LogP contribution >= 0.6 is 0 Å². The molecule has 0 atom stereocenters. The highest BCUT2D eigenvalue weighted by Crippen LogP contribution is 2.17. The molecule has 2 aromatic heterocycles. The van der Waals surface area contributed by atoms with Crippen molar-refractivity contribution < 1.29 is 4.79 Å². The van der Waals surface area contributed by atoms with Crippen LogP contribution in [0, 0.1) is 0 Å². The topological polar surface area (TPSA) is 112 Å². The lowest BCUT2D eigenvalue weighted by molar-refractivity contribution is 0.100. The van der Waals surface area contributed by atoms with Gasteiger partial charge in [0, 0.05) is 19.3 Å². The van der Waals surface area contributed by atoms with E-state index < -0.39 is 5.91 Å². The van der Waals surface area contributed by atoms with Gasteiger partial charge in [-0.2, -0.15) is 5.10 Å². The van der Waals surface area contributed by atoms with Gasteiger partial charge in [0.2, 0.25) is 0 Å². The lowest BCUT2D eigenvalue weighted by atomic mass is 10.2. The SMILES string of the molecule is Cn1ccc(Nc2cc(C(N)=O)c(N)cn2)n1. The molecular weight excluding hydrogens is 220 g/mol. The molecule has 7 nitrogen and oxygen atoms in total. The maximum Gasteiger partial charge on any atom is 0.250 e. The molecule has 0 saturated heterocycles. The monoisotopic (exact) mass is 232 g/mol. The van der Waals surface area contributed by atoms with Crippen LogP contribution in [-0.2, 0) is 7.05 Å². The van der Waals surface area contributed by atoms with Crippen molar-refractivity contribution in [3.05, 3.63) is 30.1 Å². The molecule has 5 N–H and O–H groups in total. The molecule has 0 aliphatic rings. The largest absolute Gasteiger partial charge is 0.397 e. The number of nitrogen functional groups attached to an aromatic ring is 1. The fraction of sp³-hybridized carbons (Fsp3) is 0.100. The van der Waals surface area contributed by atoms with Crippen molar-refractivity contribution >= 4 is 23.2 Å². The van der Waals surface area contributed by atoms with Crippen molar-refractivity contribution in [1.82, 2.24) is 14.8 Å². The van der Waals surface area contributed by atoms with Gasteiger partial charge in [-0.1, -0.05) is 0 Å². The summed E-state index contributed by atoms with van der Waals surface area (Å²) >= 11 is 0. The number of carbonyl (C=O) groups excluding carboxylic acids is 1. The first-order valence-corrected chi connectivity index (χ1v) is 4.88. The normalized spacial score (nSPS) is 10.2. The maximum atomic E-state index is 11.1. The lowest BCUT2D eigenvalue weighted by Gasteiger charge is -2.05. The lowest BCUT2D eigenvalue weighted by Crippen LogP contribution is -2.14. The molecule has 88 valence electrons. The Morgan fingerprint density at radius 1 is 1.47 bits per heavy atom. The molecule has 0 spiro atoms. The summed E-state index contributed by atoms with van der Waals surface area (Å²) in [5.41, 5.74) is 11.3. The molecule has 0 aliphatic heterocycles. The Bertz CT molecular complexity index is 562. The Morgan fingerprint density at radius 3 is 2.82 bits per heavy atom. The Balaban J connectivity index is 2.28. The van der Waals surface area contributed by atoms with Crippen LogP contribution in [0.1, 0.15) is 10.4 Å². The second-order valence-electron chi connectivity index (χ2n) is 3.52. The Hall–Kier alpha value is -2.57. The van der Waals surface area contributed by atoms with E-state index in [9.17, 15) is 4.79 Å². The molecule has 0 aliphatic carbocycles. The van der Waals surface area contributed by atoms with Gasteiger partial charge in [0.05, 0.1) is 17.4 Å². The van der Waals surface area contributed by atoms with E-state index in [1.54, 1.807) is 24.0 Å². The van der Waals surface area contributed by atoms with E-state index >= 15 is 0 Å². The van der Waals surface area contributed by atoms with Crippen molar-refractivity contribution in [3.63, 3.8) is 0 Å². The van der Waals surface area contributed by atoms with Crippen LogP contribution in [0.25, 0.3) is 0 Å². The van der Waals surface area contributed by atoms with Crippen LogP contribution < -0.4 is 16.8 Å². The number of anilines is 3. The number of aromatic nitrogens is 3. The number of pyridine rings is 1. The number of hydrogen-bond donors (Lipinski definition) is 3. The van der Waals surface area contributed by atoms with E-state index in [1.807, 2.05) is 0 Å². The highest BCUT2D eigenvalue weighted by atomic mass is 16.1. The molecule has 0 radical (unpaired) electrons. The highest BCUT2D eigenvalue weighted by Gasteiger charge is 2.08. The number of amides is 1. The first-order valence-electron chi connectivity index (χ1n) is 4.88. The number of nitrogens with zero attached hydrogens (tertiary/aromatic N) is 3. The summed E-state index contributed by atoms with van der Waals surface area (Å²) in [4.78, 5) is 15.1. The molecule has 1 amide bonds. The van der Waals surface area contributed by atoms with Gasteiger partial charge < -0.3 is 16.8 Å². The van der Waals surface area contributed by atoms with Gasteiger partial charge in [-0.25, -0.2) is 4.98 Å². The first-order chi connectivity index (χ1) is 8.06. The van der Waals surface area contributed by atoms with Crippen molar-refractivity contribution in [2.45, 2.75) is 0 Å². The molecular formula is C10H12N6O. The summed E-state index contributed by atoms with van der Waals surface area (Å²) < 4.78 is 1.65. The minimum absolute atomic E-state index is 0.235. The summed E-state index contributed by atoms with van der Waals surface area (Å²) in [5, 5.41) is 7.06. The molecule has 2 rings (SSSR count). The van der Waals surface area contributed by atoms with Gasteiger partial charge >= 0.3 is 0 Å². The number of hydrogen-bond acceptors (Lipinski definition) is 5. The van der Waals surface area contributed by atoms with E-state index in [-0.39, 0.29) is 11.3 Å². The van der Waals surface area contributed by atoms with Crippen LogP contribution in [0.3, 0.4) is 0 Å². The van der Waals surface area contributed by atoms with Gasteiger partial charge in [-0.3, -0.25) is 9.48 Å². The zero-order valence-electron chi connectivity index (χ0n) is 9.21. The molecule has 17 heavy (non-hydrogen) atoms. The van der Waals surface area contributed by atoms with Gasteiger partial charge in [-0.05, 0) is 6.07 Å². The highest BCUT2D eigenvalue weighted by molar-refractivity contribution is 5.98. The predicted molar refractivity (Wildman–Crippen MR) is 63.7 cm³/mol. The zero-order valence-corrected chi connectivity index (χ0v) is 9.21. The maximum absolute atomic E-state index is 11.1. The number of rotatable bonds is 3. The smallest absolute Gasteiger partial charge is 0.250 e. The number of nitrogens with two attached hydrogens (primary N) is 2. The second-order valence-corrected chi connectivity index (χ2v) is 3.52. The van der Waals surface area contributed by atoms with Crippen LogP contribution in [0.2, 0.25) is 0 Å². The summed E-state index contributed by atoms with van der Waals surface area (Å²) in [5.74, 6) is 0.501. The summed E-state index contributed by atoms with van der Waals surface area (Å²) in [6.45, 7) is 0. The fourth-order valence-corrected chi connectivity index (χ4v) is 1.36. The van der Waals surface area contributed by atoms with E-state index in [2.05, 4.69) is 15.4 Å². The van der Waals surface area contributed by atoms with E-state index in [0.29, 0.717) is 11.6 Å². The van der Waals surface area contributed by atoms with Gasteiger partial charge in [-0.15, -0.1) is 0 Å². The molecule has 0 fully saturated rings. The first kappa shape index (κ1) is 10.9. The Labute approximate surface area is 97.4 Å². The van der Waals surface area contributed by atoms with Gasteiger partial charge in [0.1, 0.15) is 5.82 Å². The Morgan fingerprint density at radius 2 is 2.24 bits per heavy atom. The molecule has 2 aromatic rings. The molecule has 2 heterocycles. The summed E-state index contributed by atoms with van der Waals surface area (Å²) in [6.07, 6.45) is 3.17. The number of primary amides is 1. The molecule has 0 aromatic carbocycles. The number of carbonyl (C=O) groups is 1. The van der Waals surface area contributed by atoms with Crippen molar-refractivity contribution in [1.29, 1.82) is 0 Å². The Kier molecular flexibility index (Phi) is 2.65. The number of nitrogens with one attached hydrogen (secondary N) is 1. The van der Waals surface area contributed by atoms with E-state index in [4.69, 9.17) is 11.5 Å². The average molecular weight is 232 g/mol. The van der Waals surface area contributed by atoms with Crippen LogP contribution in [0.4, 0.5) is 17.3 Å². The zero-order chi connectivity index (χ0) is 12.4. The van der Waals surface area contributed by atoms with Crippen molar-refractivity contribution in [3.8, 4) is 0 Å². The average Bonchev–Trinajstić information content (AvgIpc) is 2.66. The van der Waals surface area contributed by atoms with Crippen LogP contribution in [-0.4, -0.2) is 20.7 Å². The predicted octanol–water partition coefficient (Wildman–Crippen LogP) is 0.240. The summed E-state index contributed by atoms with van der Waals surface area (Å²) in [6, 6.07) is 3.27. The van der Waals surface area contributed by atoms with E-state index in [1.165, 1.54) is 12.3 Å². The third kappa shape index (κ3) is 2.33. The molecule has 0 saturated carbocycles. The fourth-order valence-electron chi connectivity index (χ4n) is 1.36. The van der Waals surface area contributed by atoms with Gasteiger partial charge in [0.25, 0.3) is 5.91 Å². The molecule has 0 bridgehead atoms. The second kappa shape index (κ2) is 4.12.